The van der Waals surface area contributed by atoms with Crippen LogP contribution in [0.3, 0.4) is 0 Å². The van der Waals surface area contributed by atoms with Crippen LogP contribution in [0.4, 0.5) is 0 Å². The Labute approximate surface area is 102 Å². The second kappa shape index (κ2) is 5.64. The van der Waals surface area contributed by atoms with Crippen LogP contribution in [0.1, 0.15) is 19.3 Å². The van der Waals surface area contributed by atoms with Gasteiger partial charge in [0.05, 0.1) is 17.3 Å². The molecule has 6 heteroatoms. The molecule has 0 aliphatic carbocycles. The van der Waals surface area contributed by atoms with Crippen molar-refractivity contribution in [3.63, 3.8) is 0 Å². The topological polar surface area (TPSA) is 64.0 Å². The van der Waals surface area contributed by atoms with Crippen LogP contribution >= 0.6 is 0 Å². The van der Waals surface area contributed by atoms with Gasteiger partial charge in [-0.3, -0.25) is 0 Å². The fraction of sp³-hybridized carbons (Fsp3) is 0.727. The third kappa shape index (κ3) is 3.54. The smallest absolute Gasteiger partial charge is 0.154 e. The maximum Gasteiger partial charge on any atom is 0.154 e. The fourth-order valence-electron chi connectivity index (χ4n) is 2.16. The van der Waals surface area contributed by atoms with Gasteiger partial charge in [0.15, 0.2) is 9.84 Å². The average Bonchev–Trinajstić information content (AvgIpc) is 2.88. The van der Waals surface area contributed by atoms with E-state index in [0.29, 0.717) is 12.3 Å². The Bertz CT molecular complexity index is 428. The van der Waals surface area contributed by atoms with Crippen molar-refractivity contribution in [1.29, 1.82) is 0 Å². The Balaban J connectivity index is 1.60. The van der Waals surface area contributed by atoms with E-state index in [1.165, 1.54) is 0 Å². The second-order valence-corrected chi connectivity index (χ2v) is 6.89. The molecule has 1 N–H and O–H groups in total. The maximum absolute atomic E-state index is 11.6. The van der Waals surface area contributed by atoms with E-state index >= 15 is 0 Å². The number of aryl methyl sites for hydroxylation is 1. The summed E-state index contributed by atoms with van der Waals surface area (Å²) in [5, 5.41) is 3.08. The highest BCUT2D eigenvalue weighted by molar-refractivity contribution is 7.92. The highest BCUT2D eigenvalue weighted by Gasteiger charge is 2.30. The van der Waals surface area contributed by atoms with Crippen LogP contribution in [0.2, 0.25) is 0 Å². The SMILES string of the molecule is O=S1(=O)CCCC1CNCCCn1ccnc1. The van der Waals surface area contributed by atoms with E-state index < -0.39 is 9.84 Å². The second-order valence-electron chi connectivity index (χ2n) is 4.49. The Hall–Kier alpha value is -0.880. The number of sulfone groups is 1. The predicted octanol–water partition coefficient (Wildman–Crippen LogP) is 0.440. The van der Waals surface area contributed by atoms with Gasteiger partial charge in [0.1, 0.15) is 0 Å². The molecule has 96 valence electrons. The molecule has 2 heterocycles. The molecule has 1 aliphatic heterocycles. The molecule has 0 spiro atoms. The summed E-state index contributed by atoms with van der Waals surface area (Å²) in [7, 11) is -2.80. The Morgan fingerprint density at radius 3 is 3.00 bits per heavy atom. The van der Waals surface area contributed by atoms with Gasteiger partial charge in [0.2, 0.25) is 0 Å². The zero-order valence-corrected chi connectivity index (χ0v) is 10.7. The lowest BCUT2D eigenvalue weighted by Crippen LogP contribution is -2.31. The minimum atomic E-state index is -2.80. The van der Waals surface area contributed by atoms with Crippen LogP contribution in [-0.2, 0) is 16.4 Å². The largest absolute Gasteiger partial charge is 0.337 e. The van der Waals surface area contributed by atoms with E-state index in [9.17, 15) is 8.42 Å². The molecule has 0 saturated carbocycles. The van der Waals surface area contributed by atoms with Crippen LogP contribution in [-0.4, -0.2) is 42.1 Å². The first-order valence-corrected chi connectivity index (χ1v) is 7.78. The molecule has 0 radical (unpaired) electrons. The molecule has 5 nitrogen and oxygen atoms in total. The van der Waals surface area contributed by atoms with E-state index in [2.05, 4.69) is 10.3 Å². The van der Waals surface area contributed by atoms with Crippen molar-refractivity contribution in [3.05, 3.63) is 18.7 Å². The zero-order chi connectivity index (χ0) is 12.1. The van der Waals surface area contributed by atoms with E-state index in [1.54, 1.807) is 12.5 Å². The lowest BCUT2D eigenvalue weighted by molar-refractivity contribution is 0.552. The number of nitrogens with zero attached hydrogens (tertiary/aromatic N) is 2. The normalized spacial score (nSPS) is 22.9. The Kier molecular flexibility index (Phi) is 4.17. The zero-order valence-electron chi connectivity index (χ0n) is 9.88. The van der Waals surface area contributed by atoms with E-state index in [-0.39, 0.29) is 5.25 Å². The summed E-state index contributed by atoms with van der Waals surface area (Å²) in [6.45, 7) is 2.38. The summed E-state index contributed by atoms with van der Waals surface area (Å²) < 4.78 is 25.1. The number of hydrogen-bond donors (Lipinski definition) is 1. The van der Waals surface area contributed by atoms with E-state index in [4.69, 9.17) is 0 Å². The van der Waals surface area contributed by atoms with Gasteiger partial charge in [0, 0.05) is 25.5 Å². The summed E-state index contributed by atoms with van der Waals surface area (Å²) >= 11 is 0. The molecule has 1 unspecified atom stereocenters. The molecule has 1 fully saturated rings. The van der Waals surface area contributed by atoms with Crippen molar-refractivity contribution in [1.82, 2.24) is 14.9 Å². The molecule has 2 rings (SSSR count). The standard InChI is InChI=1S/C11H19N3O2S/c15-17(16)8-1-3-11(17)9-12-4-2-6-14-7-5-13-10-14/h5,7,10-12H,1-4,6,8-9H2. The number of hydrogen-bond acceptors (Lipinski definition) is 4. The predicted molar refractivity (Wildman–Crippen MR) is 66.5 cm³/mol. The third-order valence-electron chi connectivity index (χ3n) is 3.16. The van der Waals surface area contributed by atoms with Crippen molar-refractivity contribution >= 4 is 9.84 Å². The van der Waals surface area contributed by atoms with Gasteiger partial charge in [-0.15, -0.1) is 0 Å². The molecule has 0 aromatic carbocycles. The van der Waals surface area contributed by atoms with Crippen molar-refractivity contribution in [2.75, 3.05) is 18.8 Å². The molecule has 1 aliphatic rings. The van der Waals surface area contributed by atoms with Crippen molar-refractivity contribution in [3.8, 4) is 0 Å². The lowest BCUT2D eigenvalue weighted by atomic mass is 10.2. The highest BCUT2D eigenvalue weighted by Crippen LogP contribution is 2.18. The monoisotopic (exact) mass is 257 g/mol. The molecule has 0 bridgehead atoms. The minimum absolute atomic E-state index is 0.157. The van der Waals surface area contributed by atoms with Gasteiger partial charge in [-0.05, 0) is 25.8 Å². The van der Waals surface area contributed by atoms with Gasteiger partial charge in [0.25, 0.3) is 0 Å². The summed E-state index contributed by atoms with van der Waals surface area (Å²) in [5.41, 5.74) is 0. The Morgan fingerprint density at radius 2 is 2.35 bits per heavy atom. The first-order valence-electron chi connectivity index (χ1n) is 6.06. The Morgan fingerprint density at radius 1 is 1.47 bits per heavy atom. The molecular weight excluding hydrogens is 238 g/mol. The molecule has 1 aromatic rings. The lowest BCUT2D eigenvalue weighted by Gasteiger charge is -2.10. The quantitative estimate of drug-likeness (QED) is 0.751. The van der Waals surface area contributed by atoms with Crippen LogP contribution in [0, 0.1) is 0 Å². The molecular formula is C11H19N3O2S. The molecule has 1 saturated heterocycles. The molecule has 1 aromatic heterocycles. The first-order chi connectivity index (χ1) is 8.18. The van der Waals surface area contributed by atoms with Crippen molar-refractivity contribution < 1.29 is 8.42 Å². The highest BCUT2D eigenvalue weighted by atomic mass is 32.2. The van der Waals surface area contributed by atoms with Crippen LogP contribution in [0.15, 0.2) is 18.7 Å². The van der Waals surface area contributed by atoms with Gasteiger partial charge in [-0.2, -0.15) is 0 Å². The van der Waals surface area contributed by atoms with E-state index in [1.807, 2.05) is 10.8 Å². The number of imidazole rings is 1. The van der Waals surface area contributed by atoms with Crippen LogP contribution in [0.25, 0.3) is 0 Å². The van der Waals surface area contributed by atoms with Crippen LogP contribution in [0.5, 0.6) is 0 Å². The van der Waals surface area contributed by atoms with Crippen LogP contribution < -0.4 is 5.32 Å². The fourth-order valence-corrected chi connectivity index (χ4v) is 3.96. The number of aromatic nitrogens is 2. The number of nitrogens with one attached hydrogen (secondary N) is 1. The molecule has 17 heavy (non-hydrogen) atoms. The average molecular weight is 257 g/mol. The van der Waals surface area contributed by atoms with Gasteiger partial charge in [-0.25, -0.2) is 13.4 Å². The summed E-state index contributed by atoms with van der Waals surface area (Å²) in [6, 6.07) is 0. The third-order valence-corrected chi connectivity index (χ3v) is 5.44. The van der Waals surface area contributed by atoms with Gasteiger partial charge >= 0.3 is 0 Å². The van der Waals surface area contributed by atoms with Gasteiger partial charge < -0.3 is 9.88 Å². The summed E-state index contributed by atoms with van der Waals surface area (Å²) in [4.78, 5) is 3.97. The maximum atomic E-state index is 11.6. The summed E-state index contributed by atoms with van der Waals surface area (Å²) in [5.74, 6) is 0.369. The molecule has 1 atom stereocenters. The first kappa shape index (κ1) is 12.6. The van der Waals surface area contributed by atoms with Gasteiger partial charge in [-0.1, -0.05) is 0 Å². The summed E-state index contributed by atoms with van der Waals surface area (Å²) in [6.07, 6.45) is 8.12. The molecule has 0 amide bonds. The number of rotatable bonds is 6. The minimum Gasteiger partial charge on any atom is -0.337 e. The van der Waals surface area contributed by atoms with E-state index in [0.717, 1.165) is 32.4 Å². The van der Waals surface area contributed by atoms with Crippen molar-refractivity contribution in [2.24, 2.45) is 0 Å². The van der Waals surface area contributed by atoms with Crippen molar-refractivity contribution in [2.45, 2.75) is 31.1 Å².